The Morgan fingerprint density at radius 1 is 1.21 bits per heavy atom. The van der Waals surface area contributed by atoms with Gasteiger partial charge < -0.3 is 25.1 Å². The predicted octanol–water partition coefficient (Wildman–Crippen LogP) is 1.39. The van der Waals surface area contributed by atoms with E-state index in [1.165, 1.54) is 10.8 Å². The molecular weight excluding hydrogens is 428 g/mol. The molecule has 0 aliphatic carbocycles. The van der Waals surface area contributed by atoms with Crippen molar-refractivity contribution in [2.24, 2.45) is 0 Å². The molecule has 1 aliphatic rings. The Morgan fingerprint density at radius 3 is 2.70 bits per heavy atom. The van der Waals surface area contributed by atoms with Gasteiger partial charge in [-0.05, 0) is 24.6 Å². The van der Waals surface area contributed by atoms with Gasteiger partial charge in [0.25, 0.3) is 0 Å². The Labute approximate surface area is 190 Å². The Balaban J connectivity index is 1.57. The lowest BCUT2D eigenvalue weighted by Crippen LogP contribution is -2.42. The standard InChI is InChI=1S/C23H26N4O6/c1-3-18(28)32-20-16(12-31-19(29)11-14-7-5-4-6-8-14)33-23(2,21(20)30)17-10-9-15-22(24)25-13-26-27(15)17/h4-10,13,16,20-21,30H,3,11-12H2,1-2H3,(H2,24,25,26)/t16-,20-,21-,23+/m1/s1. The van der Waals surface area contributed by atoms with Gasteiger partial charge in [-0.3, -0.25) is 9.59 Å². The number of aromatic nitrogens is 3. The second kappa shape index (κ2) is 9.16. The van der Waals surface area contributed by atoms with Gasteiger partial charge in [0.2, 0.25) is 0 Å². The topological polar surface area (TPSA) is 138 Å². The number of hydrogen-bond donors (Lipinski definition) is 2. The monoisotopic (exact) mass is 454 g/mol. The Bertz CT molecular complexity index is 1150. The molecule has 3 heterocycles. The summed E-state index contributed by atoms with van der Waals surface area (Å²) in [5.74, 6) is -0.686. The number of anilines is 1. The fourth-order valence-corrected chi connectivity index (χ4v) is 4.00. The number of aliphatic hydroxyl groups excluding tert-OH is 1. The van der Waals surface area contributed by atoms with Crippen LogP contribution in [0.15, 0.2) is 48.8 Å². The third kappa shape index (κ3) is 4.39. The van der Waals surface area contributed by atoms with Crippen molar-refractivity contribution < 1.29 is 28.9 Å². The third-order valence-electron chi connectivity index (χ3n) is 5.78. The molecule has 4 rings (SSSR count). The number of nitrogens with zero attached hydrogens (tertiary/aromatic N) is 3. The Morgan fingerprint density at radius 2 is 1.97 bits per heavy atom. The van der Waals surface area contributed by atoms with E-state index in [1.807, 2.05) is 30.3 Å². The number of carbonyl (C=O) groups excluding carboxylic acids is 2. The molecule has 0 bridgehead atoms. The molecule has 4 atom stereocenters. The van der Waals surface area contributed by atoms with E-state index >= 15 is 0 Å². The van der Waals surface area contributed by atoms with Gasteiger partial charge in [0.15, 0.2) is 11.9 Å². The van der Waals surface area contributed by atoms with E-state index in [1.54, 1.807) is 26.0 Å². The zero-order chi connectivity index (χ0) is 23.6. The van der Waals surface area contributed by atoms with Gasteiger partial charge in [-0.15, -0.1) is 0 Å². The number of fused-ring (bicyclic) bond motifs is 1. The van der Waals surface area contributed by atoms with Crippen molar-refractivity contribution in [3.63, 3.8) is 0 Å². The van der Waals surface area contributed by atoms with Gasteiger partial charge in [0.1, 0.15) is 36.3 Å². The fraction of sp³-hybridized carbons (Fsp3) is 0.391. The van der Waals surface area contributed by atoms with E-state index in [2.05, 4.69) is 10.1 Å². The average Bonchev–Trinajstić information content (AvgIpc) is 3.35. The number of carbonyl (C=O) groups is 2. The molecule has 1 aromatic carbocycles. The second-order valence-electron chi connectivity index (χ2n) is 8.02. The van der Waals surface area contributed by atoms with Crippen molar-refractivity contribution in [3.05, 3.63) is 60.0 Å². The quantitative estimate of drug-likeness (QED) is 0.507. The molecule has 10 nitrogen and oxygen atoms in total. The first-order valence-corrected chi connectivity index (χ1v) is 10.7. The summed E-state index contributed by atoms with van der Waals surface area (Å²) >= 11 is 0. The van der Waals surface area contributed by atoms with Crippen LogP contribution in [0.1, 0.15) is 31.5 Å². The van der Waals surface area contributed by atoms with Crippen molar-refractivity contribution >= 4 is 23.3 Å². The fourth-order valence-electron chi connectivity index (χ4n) is 4.00. The number of benzene rings is 1. The van der Waals surface area contributed by atoms with Gasteiger partial charge in [0.05, 0.1) is 12.1 Å². The smallest absolute Gasteiger partial charge is 0.310 e. The molecule has 10 heteroatoms. The molecule has 1 saturated heterocycles. The van der Waals surface area contributed by atoms with Crippen molar-refractivity contribution in [1.29, 1.82) is 0 Å². The zero-order valence-electron chi connectivity index (χ0n) is 18.4. The van der Waals surface area contributed by atoms with Gasteiger partial charge in [-0.2, -0.15) is 5.10 Å². The van der Waals surface area contributed by atoms with Crippen LogP contribution in [0.4, 0.5) is 5.82 Å². The van der Waals surface area contributed by atoms with Crippen LogP contribution < -0.4 is 5.73 Å². The van der Waals surface area contributed by atoms with Crippen molar-refractivity contribution in [1.82, 2.24) is 14.6 Å². The molecule has 1 aliphatic heterocycles. The normalized spacial score (nSPS) is 24.6. The molecule has 0 radical (unpaired) electrons. The van der Waals surface area contributed by atoms with Gasteiger partial charge in [0, 0.05) is 6.42 Å². The first kappa shape index (κ1) is 22.7. The minimum absolute atomic E-state index is 0.0896. The van der Waals surface area contributed by atoms with Gasteiger partial charge >= 0.3 is 11.9 Å². The van der Waals surface area contributed by atoms with E-state index < -0.39 is 35.9 Å². The van der Waals surface area contributed by atoms with Crippen molar-refractivity contribution in [3.8, 4) is 0 Å². The lowest BCUT2D eigenvalue weighted by Gasteiger charge is -2.27. The van der Waals surface area contributed by atoms with Crippen molar-refractivity contribution in [2.75, 3.05) is 12.3 Å². The first-order chi connectivity index (χ1) is 15.8. The van der Waals surface area contributed by atoms with Crippen LogP contribution in [0.2, 0.25) is 0 Å². The molecule has 0 unspecified atom stereocenters. The van der Waals surface area contributed by atoms with Crippen molar-refractivity contribution in [2.45, 2.75) is 50.6 Å². The zero-order valence-corrected chi connectivity index (χ0v) is 18.4. The van der Waals surface area contributed by atoms with E-state index in [-0.39, 0.29) is 25.3 Å². The third-order valence-corrected chi connectivity index (χ3v) is 5.78. The number of ether oxygens (including phenoxy) is 3. The van der Waals surface area contributed by atoms with Gasteiger partial charge in [-0.1, -0.05) is 37.3 Å². The molecule has 33 heavy (non-hydrogen) atoms. The summed E-state index contributed by atoms with van der Waals surface area (Å²) in [5, 5.41) is 15.4. The molecule has 174 valence electrons. The van der Waals surface area contributed by atoms with E-state index in [0.29, 0.717) is 11.2 Å². The number of rotatable bonds is 7. The van der Waals surface area contributed by atoms with Crippen LogP contribution >= 0.6 is 0 Å². The maximum Gasteiger partial charge on any atom is 0.310 e. The molecule has 0 saturated carbocycles. The van der Waals surface area contributed by atoms with Crippen LogP contribution in [0.25, 0.3) is 5.52 Å². The first-order valence-electron chi connectivity index (χ1n) is 10.7. The summed E-state index contributed by atoms with van der Waals surface area (Å²) in [5.41, 5.74) is 6.46. The molecule has 2 aromatic heterocycles. The number of hydrogen-bond acceptors (Lipinski definition) is 9. The van der Waals surface area contributed by atoms with E-state index in [0.717, 1.165) is 5.56 Å². The van der Waals surface area contributed by atoms with Crippen LogP contribution in [0, 0.1) is 0 Å². The van der Waals surface area contributed by atoms with Crippen LogP contribution in [0.5, 0.6) is 0 Å². The molecular formula is C23H26N4O6. The highest BCUT2D eigenvalue weighted by Gasteiger charge is 2.56. The maximum absolute atomic E-state index is 12.4. The molecule has 3 N–H and O–H groups in total. The summed E-state index contributed by atoms with van der Waals surface area (Å²) in [4.78, 5) is 28.4. The molecule has 3 aromatic rings. The lowest BCUT2D eigenvalue weighted by molar-refractivity contribution is -0.160. The lowest BCUT2D eigenvalue weighted by atomic mass is 9.93. The van der Waals surface area contributed by atoms with Gasteiger partial charge in [-0.25, -0.2) is 9.50 Å². The molecule has 1 fully saturated rings. The van der Waals surface area contributed by atoms with Crippen LogP contribution in [0.3, 0.4) is 0 Å². The molecule has 0 spiro atoms. The highest BCUT2D eigenvalue weighted by molar-refractivity contribution is 5.72. The molecule has 0 amide bonds. The summed E-state index contributed by atoms with van der Waals surface area (Å²) in [6, 6.07) is 12.6. The average molecular weight is 454 g/mol. The predicted molar refractivity (Wildman–Crippen MR) is 117 cm³/mol. The van der Waals surface area contributed by atoms with Crippen LogP contribution in [-0.2, 0) is 35.8 Å². The minimum Gasteiger partial charge on any atom is -0.463 e. The maximum atomic E-state index is 12.4. The minimum atomic E-state index is -1.32. The summed E-state index contributed by atoms with van der Waals surface area (Å²) in [7, 11) is 0. The number of esters is 2. The number of nitrogens with two attached hydrogens (primary N) is 1. The Hall–Kier alpha value is -3.50. The SMILES string of the molecule is CCC(=O)O[C@H]1[C@@H](O)[C@](C)(c2ccc3c(N)ncnn23)O[C@@H]1COC(=O)Cc1ccccc1. The Kier molecular flexibility index (Phi) is 6.30. The summed E-state index contributed by atoms with van der Waals surface area (Å²) < 4.78 is 18.6. The highest BCUT2D eigenvalue weighted by Crippen LogP contribution is 2.41. The van der Waals surface area contributed by atoms with E-state index in [4.69, 9.17) is 19.9 Å². The number of nitrogen functional groups attached to an aromatic ring is 1. The second-order valence-corrected chi connectivity index (χ2v) is 8.02. The summed E-state index contributed by atoms with van der Waals surface area (Å²) in [6.45, 7) is 3.12. The number of aliphatic hydroxyl groups is 1. The highest BCUT2D eigenvalue weighted by atomic mass is 16.6. The summed E-state index contributed by atoms with van der Waals surface area (Å²) in [6.07, 6.45) is -1.67. The van der Waals surface area contributed by atoms with Crippen LogP contribution in [-0.4, -0.2) is 56.6 Å². The van der Waals surface area contributed by atoms with E-state index in [9.17, 15) is 14.7 Å². The largest absolute Gasteiger partial charge is 0.463 e.